The molecule has 0 saturated carbocycles. The van der Waals surface area contributed by atoms with Crippen LogP contribution in [0, 0.1) is 4.78 Å². The zero-order valence-corrected chi connectivity index (χ0v) is 9.07. The third-order valence-corrected chi connectivity index (χ3v) is 3.19. The Morgan fingerprint density at radius 2 is 2.20 bits per heavy atom. The summed E-state index contributed by atoms with van der Waals surface area (Å²) in [6.45, 7) is 0. The van der Waals surface area contributed by atoms with Gasteiger partial charge in [-0.05, 0) is 24.3 Å². The lowest BCUT2D eigenvalue weighted by Crippen LogP contribution is -1.99. The van der Waals surface area contributed by atoms with Crippen molar-refractivity contribution >= 4 is 9.73 Å². The molecule has 1 unspecified atom stereocenters. The predicted octanol–water partition coefficient (Wildman–Crippen LogP) is 1.91. The number of hydrogen-bond donors (Lipinski definition) is 1. The van der Waals surface area contributed by atoms with Crippen molar-refractivity contribution in [3.05, 3.63) is 42.7 Å². The standard InChI is InChI=1S/C10H11N3OS/c1-15(11,14)10-5-2-4-9(8-10)13-7-3-6-12-13/h2-8,11H,1H3. The number of nitrogens with zero attached hydrogens (tertiary/aromatic N) is 2. The van der Waals surface area contributed by atoms with E-state index in [4.69, 9.17) is 4.78 Å². The lowest BCUT2D eigenvalue weighted by Gasteiger charge is -2.04. The molecule has 1 atom stereocenters. The summed E-state index contributed by atoms with van der Waals surface area (Å²) in [6.07, 6.45) is 4.90. The Morgan fingerprint density at radius 1 is 1.40 bits per heavy atom. The fourth-order valence-electron chi connectivity index (χ4n) is 1.29. The molecule has 0 aliphatic carbocycles. The van der Waals surface area contributed by atoms with E-state index in [0.29, 0.717) is 4.90 Å². The van der Waals surface area contributed by atoms with Gasteiger partial charge >= 0.3 is 0 Å². The van der Waals surface area contributed by atoms with Gasteiger partial charge in [-0.1, -0.05) is 6.07 Å². The van der Waals surface area contributed by atoms with Crippen molar-refractivity contribution in [3.63, 3.8) is 0 Å². The number of hydrogen-bond acceptors (Lipinski definition) is 3. The normalized spacial score (nSPS) is 14.7. The molecule has 0 aliphatic rings. The first-order valence-electron chi connectivity index (χ1n) is 4.41. The van der Waals surface area contributed by atoms with Gasteiger partial charge in [-0.3, -0.25) is 0 Å². The Labute approximate surface area is 88.5 Å². The molecule has 0 bridgehead atoms. The fraction of sp³-hybridized carbons (Fsp3) is 0.100. The maximum atomic E-state index is 11.5. The van der Waals surface area contributed by atoms with Crippen LogP contribution in [0.3, 0.4) is 0 Å². The third kappa shape index (κ3) is 2.07. The second kappa shape index (κ2) is 3.51. The SMILES string of the molecule is CS(=N)(=O)c1cccc(-n2cccn2)c1. The average molecular weight is 221 g/mol. The van der Waals surface area contributed by atoms with E-state index in [1.807, 2.05) is 12.1 Å². The van der Waals surface area contributed by atoms with E-state index in [0.717, 1.165) is 5.69 Å². The zero-order valence-electron chi connectivity index (χ0n) is 8.25. The topological polar surface area (TPSA) is 58.7 Å². The molecule has 0 amide bonds. The highest BCUT2D eigenvalue weighted by Crippen LogP contribution is 2.14. The first-order valence-corrected chi connectivity index (χ1v) is 6.38. The highest BCUT2D eigenvalue weighted by Gasteiger charge is 2.04. The molecular formula is C10H11N3OS. The minimum Gasteiger partial charge on any atom is -0.249 e. The summed E-state index contributed by atoms with van der Waals surface area (Å²) in [6, 6.07) is 8.88. The molecule has 4 nitrogen and oxygen atoms in total. The average Bonchev–Trinajstić information content (AvgIpc) is 2.69. The monoisotopic (exact) mass is 221 g/mol. The van der Waals surface area contributed by atoms with E-state index in [1.165, 1.54) is 6.26 Å². The second-order valence-electron chi connectivity index (χ2n) is 3.29. The summed E-state index contributed by atoms with van der Waals surface area (Å²) in [5.41, 5.74) is 0.819. The van der Waals surface area contributed by atoms with Gasteiger partial charge in [0.2, 0.25) is 0 Å². The molecule has 1 heterocycles. The van der Waals surface area contributed by atoms with Crippen LogP contribution in [-0.4, -0.2) is 20.2 Å². The van der Waals surface area contributed by atoms with Gasteiger partial charge < -0.3 is 0 Å². The van der Waals surface area contributed by atoms with Crippen molar-refractivity contribution in [2.45, 2.75) is 4.90 Å². The van der Waals surface area contributed by atoms with E-state index in [-0.39, 0.29) is 0 Å². The van der Waals surface area contributed by atoms with Crippen molar-refractivity contribution in [1.82, 2.24) is 9.78 Å². The molecule has 15 heavy (non-hydrogen) atoms. The molecule has 0 aliphatic heterocycles. The van der Waals surface area contributed by atoms with Crippen LogP contribution in [0.25, 0.3) is 5.69 Å². The van der Waals surface area contributed by atoms with Crippen LogP contribution in [0.5, 0.6) is 0 Å². The Balaban J connectivity index is 2.53. The summed E-state index contributed by atoms with van der Waals surface area (Å²) in [4.78, 5) is 0.524. The van der Waals surface area contributed by atoms with Gasteiger partial charge in [-0.2, -0.15) is 5.10 Å². The van der Waals surface area contributed by atoms with Gasteiger partial charge in [0.25, 0.3) is 0 Å². The molecule has 1 aromatic carbocycles. The highest BCUT2D eigenvalue weighted by molar-refractivity contribution is 7.91. The largest absolute Gasteiger partial charge is 0.249 e. The Bertz CT molecular complexity index is 558. The maximum Gasteiger partial charge on any atom is 0.0697 e. The van der Waals surface area contributed by atoms with Gasteiger partial charge in [0.1, 0.15) is 0 Å². The summed E-state index contributed by atoms with van der Waals surface area (Å²) in [5.74, 6) is 0. The Morgan fingerprint density at radius 3 is 2.80 bits per heavy atom. The lowest BCUT2D eigenvalue weighted by atomic mass is 10.3. The van der Waals surface area contributed by atoms with Gasteiger partial charge in [0.15, 0.2) is 0 Å². The summed E-state index contributed by atoms with van der Waals surface area (Å²) < 4.78 is 20.7. The number of benzene rings is 1. The Hall–Kier alpha value is -1.62. The first kappa shape index (κ1) is 9.92. The van der Waals surface area contributed by atoms with E-state index in [1.54, 1.807) is 35.3 Å². The van der Waals surface area contributed by atoms with Crippen LogP contribution in [0.15, 0.2) is 47.6 Å². The molecule has 0 radical (unpaired) electrons. The van der Waals surface area contributed by atoms with Crippen LogP contribution >= 0.6 is 0 Å². The molecular weight excluding hydrogens is 210 g/mol. The van der Waals surface area contributed by atoms with Crippen LogP contribution in [-0.2, 0) is 9.73 Å². The van der Waals surface area contributed by atoms with E-state index in [9.17, 15) is 4.21 Å². The molecule has 1 N–H and O–H groups in total. The molecule has 0 saturated heterocycles. The predicted molar refractivity (Wildman–Crippen MR) is 58.6 cm³/mol. The van der Waals surface area contributed by atoms with E-state index >= 15 is 0 Å². The minimum atomic E-state index is -2.66. The van der Waals surface area contributed by atoms with Crippen molar-refractivity contribution in [1.29, 1.82) is 4.78 Å². The summed E-state index contributed by atoms with van der Waals surface area (Å²) in [7, 11) is -2.66. The molecule has 78 valence electrons. The van der Waals surface area contributed by atoms with E-state index in [2.05, 4.69) is 5.10 Å². The molecule has 2 rings (SSSR count). The van der Waals surface area contributed by atoms with Crippen molar-refractivity contribution in [2.75, 3.05) is 6.26 Å². The number of nitrogens with one attached hydrogen (secondary N) is 1. The van der Waals surface area contributed by atoms with Crippen molar-refractivity contribution < 1.29 is 4.21 Å². The van der Waals surface area contributed by atoms with Gasteiger partial charge in [0.05, 0.1) is 15.4 Å². The first-order chi connectivity index (χ1) is 7.07. The van der Waals surface area contributed by atoms with Gasteiger partial charge in [-0.15, -0.1) is 0 Å². The second-order valence-corrected chi connectivity index (χ2v) is 5.45. The number of aromatic nitrogens is 2. The minimum absolute atomic E-state index is 0.524. The summed E-state index contributed by atoms with van der Waals surface area (Å²) >= 11 is 0. The summed E-state index contributed by atoms with van der Waals surface area (Å²) in [5, 5.41) is 4.07. The van der Waals surface area contributed by atoms with Crippen LogP contribution in [0.1, 0.15) is 0 Å². The Kier molecular flexibility index (Phi) is 2.32. The van der Waals surface area contributed by atoms with E-state index < -0.39 is 9.73 Å². The molecule has 1 aromatic heterocycles. The molecule has 0 fully saturated rings. The number of rotatable bonds is 2. The lowest BCUT2D eigenvalue weighted by molar-refractivity contribution is 0.678. The molecule has 0 spiro atoms. The highest BCUT2D eigenvalue weighted by atomic mass is 32.2. The van der Waals surface area contributed by atoms with Crippen LogP contribution < -0.4 is 0 Å². The fourth-order valence-corrected chi connectivity index (χ4v) is 1.97. The van der Waals surface area contributed by atoms with Crippen LogP contribution in [0.2, 0.25) is 0 Å². The quantitative estimate of drug-likeness (QED) is 0.842. The molecule has 5 heteroatoms. The van der Waals surface area contributed by atoms with Crippen molar-refractivity contribution in [3.8, 4) is 5.69 Å². The third-order valence-electron chi connectivity index (χ3n) is 2.04. The van der Waals surface area contributed by atoms with Gasteiger partial charge in [-0.25, -0.2) is 13.7 Å². The molecule has 2 aromatic rings. The zero-order chi connectivity index (χ0) is 10.9. The van der Waals surface area contributed by atoms with Crippen molar-refractivity contribution in [2.24, 2.45) is 0 Å². The maximum absolute atomic E-state index is 11.5. The van der Waals surface area contributed by atoms with Crippen LogP contribution in [0.4, 0.5) is 0 Å². The smallest absolute Gasteiger partial charge is 0.0697 e. The van der Waals surface area contributed by atoms with Gasteiger partial charge in [0, 0.05) is 23.5 Å².